The Morgan fingerprint density at radius 3 is 1.89 bits per heavy atom. The quantitative estimate of drug-likeness (QED) is 0.158. The molecular weight excluding hydrogens is 669 g/mol. The predicted molar refractivity (Wildman–Crippen MR) is 228 cm³/mol. The van der Waals surface area contributed by atoms with E-state index in [0.29, 0.717) is 6.04 Å². The minimum absolute atomic E-state index is 0.0529. The molecule has 6 aromatic carbocycles. The lowest BCUT2D eigenvalue weighted by molar-refractivity contribution is 0.354. The molecule has 5 heterocycles. The van der Waals surface area contributed by atoms with Gasteiger partial charge in [0.05, 0.1) is 22.5 Å². The van der Waals surface area contributed by atoms with Crippen molar-refractivity contribution in [3.05, 3.63) is 149 Å². The normalized spacial score (nSPS) is 18.9. The first kappa shape index (κ1) is 31.9. The number of benzene rings is 6. The zero-order chi connectivity index (χ0) is 37.0. The van der Waals surface area contributed by atoms with Crippen LogP contribution in [0.1, 0.15) is 94.5 Å². The van der Waals surface area contributed by atoms with E-state index in [1.807, 2.05) is 0 Å². The summed E-state index contributed by atoms with van der Waals surface area (Å²) in [4.78, 5) is 8.24. The molecule has 0 radical (unpaired) electrons. The molecule has 0 aromatic heterocycles. The van der Waals surface area contributed by atoms with E-state index in [1.54, 1.807) is 0 Å². The van der Waals surface area contributed by atoms with E-state index in [1.165, 1.54) is 110 Å². The summed E-state index contributed by atoms with van der Waals surface area (Å²) in [6, 6.07) is 46.7. The van der Waals surface area contributed by atoms with Crippen LogP contribution in [0.4, 0.5) is 34.1 Å². The number of anilines is 6. The van der Waals surface area contributed by atoms with E-state index < -0.39 is 5.41 Å². The highest BCUT2D eigenvalue weighted by Crippen LogP contribution is 2.64. The fourth-order valence-corrected chi connectivity index (χ4v) is 11.9. The molecule has 0 N–H and O–H groups in total. The SMILES string of the molecule is CC(C)(C)c1cc2c3c(c1)N1c4c(cccc4N(C4CCCCC4)C1(C)C)B3c1cccc3c1N2c1ccccc1C31c2ccccc2Oc2ccccc21. The summed E-state index contributed by atoms with van der Waals surface area (Å²) in [7, 11) is 0. The van der Waals surface area contributed by atoms with Crippen LogP contribution in [-0.4, -0.2) is 18.4 Å². The molecule has 5 heteroatoms. The maximum atomic E-state index is 6.74. The van der Waals surface area contributed by atoms with Crippen LogP contribution < -0.4 is 35.8 Å². The first-order valence-electron chi connectivity index (χ1n) is 20.5. The third-order valence-corrected chi connectivity index (χ3v) is 14.0. The summed E-state index contributed by atoms with van der Waals surface area (Å²) in [6.45, 7) is 12.2. The van der Waals surface area contributed by atoms with Crippen LogP contribution in [-0.2, 0) is 10.8 Å². The van der Waals surface area contributed by atoms with Gasteiger partial charge in [0, 0.05) is 34.2 Å². The fraction of sp³-hybridized carbons (Fsp3) is 0.280. The monoisotopic (exact) mass is 715 g/mol. The molecule has 6 aromatic rings. The Bertz CT molecular complexity index is 2580. The fourth-order valence-electron chi connectivity index (χ4n) is 11.9. The van der Waals surface area contributed by atoms with Gasteiger partial charge in [-0.25, -0.2) is 0 Å². The van der Waals surface area contributed by atoms with Crippen LogP contribution >= 0.6 is 0 Å². The topological polar surface area (TPSA) is 19.0 Å². The van der Waals surface area contributed by atoms with Crippen LogP contribution in [0, 0.1) is 0 Å². The van der Waals surface area contributed by atoms with Gasteiger partial charge in [-0.15, -0.1) is 0 Å². The Morgan fingerprint density at radius 2 is 1.18 bits per heavy atom. The van der Waals surface area contributed by atoms with Gasteiger partial charge in [0.2, 0.25) is 0 Å². The zero-order valence-corrected chi connectivity index (χ0v) is 32.5. The number of rotatable bonds is 1. The lowest BCUT2D eigenvalue weighted by Gasteiger charge is -2.53. The van der Waals surface area contributed by atoms with Gasteiger partial charge in [-0.05, 0) is 102 Å². The molecule has 0 saturated heterocycles. The lowest BCUT2D eigenvalue weighted by atomic mass is 9.32. The zero-order valence-electron chi connectivity index (χ0n) is 32.5. The summed E-state index contributed by atoms with van der Waals surface area (Å²) < 4.78 is 6.74. The van der Waals surface area contributed by atoms with Crippen molar-refractivity contribution in [3.63, 3.8) is 0 Å². The summed E-state index contributed by atoms with van der Waals surface area (Å²) >= 11 is 0. The van der Waals surface area contributed by atoms with Crippen LogP contribution in [0.2, 0.25) is 0 Å². The van der Waals surface area contributed by atoms with Crippen molar-refractivity contribution in [2.45, 2.75) is 89.3 Å². The summed E-state index contributed by atoms with van der Waals surface area (Å²) in [5.74, 6) is 1.85. The average Bonchev–Trinajstić information content (AvgIpc) is 3.44. The van der Waals surface area contributed by atoms with E-state index in [-0.39, 0.29) is 17.8 Å². The summed E-state index contributed by atoms with van der Waals surface area (Å²) in [5, 5.41) is 0. The Hall–Kier alpha value is -5.42. The highest BCUT2D eigenvalue weighted by molar-refractivity contribution is 7.00. The molecule has 270 valence electrons. The minimum atomic E-state index is -0.565. The van der Waals surface area contributed by atoms with Crippen LogP contribution in [0.15, 0.2) is 121 Å². The third-order valence-electron chi connectivity index (χ3n) is 14.0. The number of ether oxygens (including phenoxy) is 1. The summed E-state index contributed by atoms with van der Waals surface area (Å²) in [6.07, 6.45) is 6.50. The van der Waals surface area contributed by atoms with Crippen LogP contribution in [0.25, 0.3) is 0 Å². The highest BCUT2D eigenvalue weighted by atomic mass is 16.5. The molecule has 6 aliphatic rings. The van der Waals surface area contributed by atoms with Crippen LogP contribution in [0.3, 0.4) is 0 Å². The van der Waals surface area contributed by atoms with E-state index in [2.05, 4.69) is 171 Å². The molecule has 0 bridgehead atoms. The Kier molecular flexibility index (Phi) is 6.18. The molecule has 1 aliphatic carbocycles. The van der Waals surface area contributed by atoms with Crippen molar-refractivity contribution >= 4 is 57.2 Å². The number of para-hydroxylation sites is 5. The predicted octanol–water partition coefficient (Wildman–Crippen LogP) is 10.4. The molecule has 0 atom stereocenters. The van der Waals surface area contributed by atoms with E-state index in [4.69, 9.17) is 4.74 Å². The molecule has 0 amide bonds. The largest absolute Gasteiger partial charge is 0.457 e. The molecule has 55 heavy (non-hydrogen) atoms. The highest BCUT2D eigenvalue weighted by Gasteiger charge is 2.57. The first-order valence-corrected chi connectivity index (χ1v) is 20.5. The van der Waals surface area contributed by atoms with Gasteiger partial charge in [-0.1, -0.05) is 125 Å². The molecule has 5 aliphatic heterocycles. The minimum Gasteiger partial charge on any atom is -0.457 e. The molecule has 0 unspecified atom stereocenters. The molecule has 1 saturated carbocycles. The van der Waals surface area contributed by atoms with Gasteiger partial charge in [-0.2, -0.15) is 0 Å². The Balaban J connectivity index is 1.22. The number of fused-ring (bicyclic) bond motifs is 12. The van der Waals surface area contributed by atoms with Gasteiger partial charge in [0.25, 0.3) is 6.71 Å². The van der Waals surface area contributed by atoms with Crippen molar-refractivity contribution in [1.82, 2.24) is 0 Å². The van der Waals surface area contributed by atoms with Gasteiger partial charge in [0.15, 0.2) is 0 Å². The van der Waals surface area contributed by atoms with Crippen molar-refractivity contribution < 1.29 is 4.74 Å². The van der Waals surface area contributed by atoms with Crippen molar-refractivity contribution in [2.24, 2.45) is 0 Å². The summed E-state index contributed by atoms with van der Waals surface area (Å²) in [5.41, 5.74) is 17.8. The molecular formula is C50H46BN3O. The molecule has 4 nitrogen and oxygen atoms in total. The number of nitrogens with zero attached hydrogens (tertiary/aromatic N) is 3. The maximum Gasteiger partial charge on any atom is 0.252 e. The molecule has 1 fully saturated rings. The van der Waals surface area contributed by atoms with Gasteiger partial charge in [0.1, 0.15) is 17.2 Å². The van der Waals surface area contributed by atoms with Crippen LogP contribution in [0.5, 0.6) is 11.5 Å². The van der Waals surface area contributed by atoms with Gasteiger partial charge < -0.3 is 19.4 Å². The Morgan fingerprint density at radius 1 is 0.600 bits per heavy atom. The second kappa shape index (κ2) is 10.7. The standard InChI is InChI=1S/C50H46BN3O/c1-48(2,3)31-29-41-45-42(30-31)54-47-38(24-16-26-40(47)53(49(54,4)5)32-17-7-6-8-18-32)51(45)37-23-15-22-36-46(37)52(41)39-25-12-9-19-33(39)50(36)34-20-10-13-27-43(34)55-44-28-14-11-21-35(44)50/h9-16,19-30,32H,6-8,17-18H2,1-5H3. The number of hydrogen-bond donors (Lipinski definition) is 0. The van der Waals surface area contributed by atoms with E-state index in [0.717, 1.165) is 11.5 Å². The van der Waals surface area contributed by atoms with Crippen molar-refractivity contribution in [2.75, 3.05) is 14.7 Å². The molecule has 12 rings (SSSR count). The van der Waals surface area contributed by atoms with Crippen molar-refractivity contribution in [1.29, 1.82) is 0 Å². The second-order valence-corrected chi connectivity index (χ2v) is 18.3. The second-order valence-electron chi connectivity index (χ2n) is 18.3. The van der Waals surface area contributed by atoms with Gasteiger partial charge >= 0.3 is 0 Å². The first-order chi connectivity index (χ1) is 26.7. The molecule has 1 spiro atoms. The smallest absolute Gasteiger partial charge is 0.252 e. The van der Waals surface area contributed by atoms with Crippen molar-refractivity contribution in [3.8, 4) is 11.5 Å². The number of hydrogen-bond acceptors (Lipinski definition) is 4. The van der Waals surface area contributed by atoms with Gasteiger partial charge in [-0.3, -0.25) is 0 Å². The Labute approximate surface area is 325 Å². The third kappa shape index (κ3) is 3.85. The maximum absolute atomic E-state index is 6.74. The lowest BCUT2D eigenvalue weighted by Crippen LogP contribution is -2.65. The van der Waals surface area contributed by atoms with E-state index >= 15 is 0 Å². The average molecular weight is 716 g/mol. The van der Waals surface area contributed by atoms with E-state index in [9.17, 15) is 0 Å².